The highest BCUT2D eigenvalue weighted by molar-refractivity contribution is 5.88. The van der Waals surface area contributed by atoms with E-state index in [4.69, 9.17) is 14.6 Å². The van der Waals surface area contributed by atoms with Crippen LogP contribution in [-0.4, -0.2) is 23.7 Å². The monoisotopic (exact) mass is 300 g/mol. The molecule has 0 saturated carbocycles. The number of esters is 1. The maximum Gasteiger partial charge on any atom is 0.349 e. The van der Waals surface area contributed by atoms with Crippen molar-refractivity contribution in [3.05, 3.63) is 59.7 Å². The van der Waals surface area contributed by atoms with Crippen molar-refractivity contribution >= 4 is 11.9 Å². The van der Waals surface area contributed by atoms with Crippen molar-refractivity contribution in [2.75, 3.05) is 6.61 Å². The summed E-state index contributed by atoms with van der Waals surface area (Å²) in [5.41, 5.74) is 1.17. The molecule has 22 heavy (non-hydrogen) atoms. The normalized spacial score (nSPS) is 10.0. The predicted molar refractivity (Wildman–Crippen MR) is 80.4 cm³/mol. The zero-order chi connectivity index (χ0) is 15.9. The predicted octanol–water partition coefficient (Wildman–Crippen LogP) is 2.93. The number of hydrogen-bond donors (Lipinski definition) is 1. The van der Waals surface area contributed by atoms with Crippen molar-refractivity contribution in [3.8, 4) is 11.5 Å². The van der Waals surface area contributed by atoms with Gasteiger partial charge in [0.1, 0.15) is 11.5 Å². The third-order valence-electron chi connectivity index (χ3n) is 2.98. The molecule has 0 unspecified atom stereocenters. The van der Waals surface area contributed by atoms with E-state index in [-0.39, 0.29) is 17.9 Å². The molecule has 5 nitrogen and oxygen atoms in total. The second kappa shape index (κ2) is 7.26. The van der Waals surface area contributed by atoms with Gasteiger partial charge < -0.3 is 14.6 Å². The Kier molecular flexibility index (Phi) is 5.14. The Bertz CT molecular complexity index is 678. The lowest BCUT2D eigenvalue weighted by atomic mass is 10.2. The van der Waals surface area contributed by atoms with E-state index in [1.807, 2.05) is 25.1 Å². The fourth-order valence-electron chi connectivity index (χ4n) is 1.85. The van der Waals surface area contributed by atoms with Crippen LogP contribution in [0, 0.1) is 0 Å². The second-order valence-corrected chi connectivity index (χ2v) is 4.60. The first kappa shape index (κ1) is 15.6. The van der Waals surface area contributed by atoms with Crippen LogP contribution in [-0.2, 0) is 11.2 Å². The van der Waals surface area contributed by atoms with E-state index in [1.54, 1.807) is 6.07 Å². The van der Waals surface area contributed by atoms with Gasteiger partial charge in [-0.2, -0.15) is 0 Å². The van der Waals surface area contributed by atoms with Crippen LogP contribution in [0.4, 0.5) is 0 Å². The molecule has 0 aliphatic carbocycles. The summed E-state index contributed by atoms with van der Waals surface area (Å²) >= 11 is 0. The Hall–Kier alpha value is -2.82. The Morgan fingerprint density at radius 3 is 2.50 bits per heavy atom. The standard InChI is InChI=1S/C17H16O5/c1-2-12-5-3-7-14(9-12)21-11-16(18)22-15-8-4-6-13(10-15)17(19)20/h3-10H,2,11H2,1H3,(H,19,20). The van der Waals surface area contributed by atoms with Gasteiger partial charge in [-0.15, -0.1) is 0 Å². The Balaban J connectivity index is 1.92. The molecule has 0 aliphatic rings. The van der Waals surface area contributed by atoms with Crippen LogP contribution in [0.2, 0.25) is 0 Å². The molecule has 0 amide bonds. The van der Waals surface area contributed by atoms with E-state index in [0.29, 0.717) is 5.75 Å². The number of benzene rings is 2. The largest absolute Gasteiger partial charge is 0.482 e. The molecular formula is C17H16O5. The van der Waals surface area contributed by atoms with Crippen molar-refractivity contribution in [3.63, 3.8) is 0 Å². The molecule has 2 aromatic carbocycles. The molecule has 0 bridgehead atoms. The van der Waals surface area contributed by atoms with Crippen LogP contribution in [0.5, 0.6) is 11.5 Å². The topological polar surface area (TPSA) is 72.8 Å². The van der Waals surface area contributed by atoms with Gasteiger partial charge in [0, 0.05) is 0 Å². The number of rotatable bonds is 6. The van der Waals surface area contributed by atoms with E-state index in [2.05, 4.69) is 0 Å². The number of hydrogen-bond acceptors (Lipinski definition) is 4. The SMILES string of the molecule is CCc1cccc(OCC(=O)Oc2cccc(C(=O)O)c2)c1. The van der Waals surface area contributed by atoms with E-state index in [0.717, 1.165) is 12.0 Å². The van der Waals surface area contributed by atoms with Crippen molar-refractivity contribution < 1.29 is 24.2 Å². The molecule has 2 rings (SSSR count). The average Bonchev–Trinajstić information content (AvgIpc) is 2.53. The van der Waals surface area contributed by atoms with Gasteiger partial charge in [-0.3, -0.25) is 0 Å². The van der Waals surface area contributed by atoms with Crippen LogP contribution in [0.1, 0.15) is 22.8 Å². The Labute approximate surface area is 128 Å². The summed E-state index contributed by atoms with van der Waals surface area (Å²) in [7, 11) is 0. The highest BCUT2D eigenvalue weighted by Crippen LogP contribution is 2.15. The molecule has 114 valence electrons. The van der Waals surface area contributed by atoms with Gasteiger partial charge in [0.05, 0.1) is 5.56 Å². The number of carboxylic acids is 1. The van der Waals surface area contributed by atoms with Crippen LogP contribution in [0.3, 0.4) is 0 Å². The Morgan fingerprint density at radius 1 is 1.05 bits per heavy atom. The zero-order valence-electron chi connectivity index (χ0n) is 12.1. The smallest absolute Gasteiger partial charge is 0.349 e. The van der Waals surface area contributed by atoms with Crippen LogP contribution in [0.15, 0.2) is 48.5 Å². The van der Waals surface area contributed by atoms with Crippen LogP contribution in [0.25, 0.3) is 0 Å². The van der Waals surface area contributed by atoms with Gasteiger partial charge in [-0.05, 0) is 42.3 Å². The summed E-state index contributed by atoms with van der Waals surface area (Å²) in [6.07, 6.45) is 0.879. The molecule has 0 aliphatic heterocycles. The first-order valence-corrected chi connectivity index (χ1v) is 6.84. The molecule has 2 aromatic rings. The Morgan fingerprint density at radius 2 is 1.77 bits per heavy atom. The molecule has 5 heteroatoms. The zero-order valence-corrected chi connectivity index (χ0v) is 12.1. The summed E-state index contributed by atoms with van der Waals surface area (Å²) in [6, 6.07) is 13.2. The fourth-order valence-corrected chi connectivity index (χ4v) is 1.85. The lowest BCUT2D eigenvalue weighted by Gasteiger charge is -2.08. The van der Waals surface area contributed by atoms with E-state index >= 15 is 0 Å². The first-order chi connectivity index (χ1) is 10.6. The van der Waals surface area contributed by atoms with Crippen LogP contribution >= 0.6 is 0 Å². The molecule has 0 saturated heterocycles. The summed E-state index contributed by atoms with van der Waals surface area (Å²) in [4.78, 5) is 22.6. The summed E-state index contributed by atoms with van der Waals surface area (Å²) in [6.45, 7) is 1.79. The molecule has 1 N–H and O–H groups in total. The lowest BCUT2D eigenvalue weighted by Crippen LogP contribution is -2.17. The number of carboxylic acid groups (broad SMARTS) is 1. The van der Waals surface area contributed by atoms with Crippen LogP contribution < -0.4 is 9.47 Å². The number of ether oxygens (including phenoxy) is 2. The second-order valence-electron chi connectivity index (χ2n) is 4.60. The maximum absolute atomic E-state index is 11.7. The van der Waals surface area contributed by atoms with Crippen molar-refractivity contribution in [1.29, 1.82) is 0 Å². The number of carbonyl (C=O) groups excluding carboxylic acids is 1. The van der Waals surface area contributed by atoms with Gasteiger partial charge >= 0.3 is 11.9 Å². The quantitative estimate of drug-likeness (QED) is 0.656. The highest BCUT2D eigenvalue weighted by Gasteiger charge is 2.09. The summed E-state index contributed by atoms with van der Waals surface area (Å²) < 4.78 is 10.4. The van der Waals surface area contributed by atoms with Gasteiger partial charge in [-0.25, -0.2) is 9.59 Å². The number of aryl methyl sites for hydroxylation is 1. The van der Waals surface area contributed by atoms with Crippen molar-refractivity contribution in [2.45, 2.75) is 13.3 Å². The molecule has 0 spiro atoms. The molecule has 0 fully saturated rings. The highest BCUT2D eigenvalue weighted by atomic mass is 16.6. The number of aromatic carboxylic acids is 1. The minimum absolute atomic E-state index is 0.0573. The van der Waals surface area contributed by atoms with Gasteiger partial charge in [0.15, 0.2) is 6.61 Å². The third kappa shape index (κ3) is 4.34. The van der Waals surface area contributed by atoms with E-state index in [9.17, 15) is 9.59 Å². The number of carbonyl (C=O) groups is 2. The summed E-state index contributed by atoms with van der Waals surface area (Å²) in [5, 5.41) is 8.88. The van der Waals surface area contributed by atoms with Crippen molar-refractivity contribution in [1.82, 2.24) is 0 Å². The van der Waals surface area contributed by atoms with E-state index in [1.165, 1.54) is 24.3 Å². The average molecular weight is 300 g/mol. The molecule has 0 atom stereocenters. The molecular weight excluding hydrogens is 284 g/mol. The minimum atomic E-state index is -1.08. The molecule has 0 radical (unpaired) electrons. The van der Waals surface area contributed by atoms with Gasteiger partial charge in [0.2, 0.25) is 0 Å². The first-order valence-electron chi connectivity index (χ1n) is 6.84. The maximum atomic E-state index is 11.7. The van der Waals surface area contributed by atoms with Gasteiger partial charge in [-0.1, -0.05) is 25.1 Å². The minimum Gasteiger partial charge on any atom is -0.482 e. The lowest BCUT2D eigenvalue weighted by molar-refractivity contribution is -0.136. The molecule has 0 heterocycles. The van der Waals surface area contributed by atoms with Gasteiger partial charge in [0.25, 0.3) is 0 Å². The summed E-state index contributed by atoms with van der Waals surface area (Å²) in [5.74, 6) is -0.902. The third-order valence-corrected chi connectivity index (χ3v) is 2.98. The molecule has 0 aromatic heterocycles. The fraction of sp³-hybridized carbons (Fsp3) is 0.176. The van der Waals surface area contributed by atoms with Crippen molar-refractivity contribution in [2.24, 2.45) is 0 Å². The van der Waals surface area contributed by atoms with E-state index < -0.39 is 11.9 Å².